The Balaban J connectivity index is 3.36. The van der Waals surface area contributed by atoms with E-state index in [4.69, 9.17) is 10.5 Å². The number of nitrogens with two attached hydrogens (primary N) is 1. The van der Waals surface area contributed by atoms with Gasteiger partial charge in [0.25, 0.3) is 0 Å². The molecule has 62 valence electrons. The molecule has 1 atom stereocenters. The van der Waals surface area contributed by atoms with Gasteiger partial charge in [-0.2, -0.15) is 0 Å². The van der Waals surface area contributed by atoms with Gasteiger partial charge in [-0.25, -0.2) is 0 Å². The van der Waals surface area contributed by atoms with Crippen LogP contribution in [0.4, 0.5) is 0 Å². The van der Waals surface area contributed by atoms with Crippen molar-refractivity contribution in [2.24, 2.45) is 11.7 Å². The fourth-order valence-electron chi connectivity index (χ4n) is 0.460. The van der Waals surface area contributed by atoms with Crippen molar-refractivity contribution in [1.82, 2.24) is 0 Å². The molecule has 0 saturated carbocycles. The van der Waals surface area contributed by atoms with Crippen LogP contribution in [0.25, 0.3) is 0 Å². The summed E-state index contributed by atoms with van der Waals surface area (Å²) >= 11 is 0. The third-order valence-corrected chi connectivity index (χ3v) is 1.20. The van der Waals surface area contributed by atoms with Crippen LogP contribution in [0.2, 0.25) is 0 Å². The fraction of sp³-hybridized carbons (Fsp3) is 1.00. The second-order valence-corrected chi connectivity index (χ2v) is 3.76. The monoisotopic (exact) mass is 145 g/mol. The predicted molar refractivity (Wildman–Crippen MR) is 43.9 cm³/mol. The highest BCUT2D eigenvalue weighted by Crippen LogP contribution is 2.08. The van der Waals surface area contributed by atoms with Crippen LogP contribution in [0, 0.1) is 5.92 Å². The summed E-state index contributed by atoms with van der Waals surface area (Å²) in [5.41, 5.74) is 5.40. The maximum absolute atomic E-state index is 5.50. The zero-order valence-electron chi connectivity index (χ0n) is 7.48. The van der Waals surface area contributed by atoms with Gasteiger partial charge in [0.1, 0.15) is 0 Å². The molecule has 0 unspecified atom stereocenters. The van der Waals surface area contributed by atoms with Crippen molar-refractivity contribution in [3.05, 3.63) is 0 Å². The molecule has 0 aliphatic rings. The minimum absolute atomic E-state index is 0.0244. The quantitative estimate of drug-likeness (QED) is 0.651. The van der Waals surface area contributed by atoms with E-state index >= 15 is 0 Å². The second kappa shape index (κ2) is 3.94. The van der Waals surface area contributed by atoms with E-state index in [2.05, 4.69) is 27.7 Å². The topological polar surface area (TPSA) is 35.2 Å². The molecule has 2 heteroatoms. The van der Waals surface area contributed by atoms with Gasteiger partial charge in [0.15, 0.2) is 0 Å². The van der Waals surface area contributed by atoms with Crippen LogP contribution in [0.5, 0.6) is 0 Å². The lowest BCUT2D eigenvalue weighted by Gasteiger charge is -2.21. The summed E-state index contributed by atoms with van der Waals surface area (Å²) in [7, 11) is 0. The summed E-state index contributed by atoms with van der Waals surface area (Å²) in [6.07, 6.45) is 0. The van der Waals surface area contributed by atoms with Crippen LogP contribution in [0.3, 0.4) is 0 Å². The van der Waals surface area contributed by atoms with E-state index in [9.17, 15) is 0 Å². The standard InChI is InChI=1S/C8H19NO/c1-7(5-9)6-10-8(2,3)4/h7H,5-6,9H2,1-4H3/t7-/m0/s1. The van der Waals surface area contributed by atoms with Crippen molar-refractivity contribution < 1.29 is 4.74 Å². The molecule has 2 nitrogen and oxygen atoms in total. The second-order valence-electron chi connectivity index (χ2n) is 3.76. The molecule has 0 amide bonds. The van der Waals surface area contributed by atoms with Crippen LogP contribution in [0.15, 0.2) is 0 Å². The van der Waals surface area contributed by atoms with Gasteiger partial charge in [-0.05, 0) is 33.2 Å². The average Bonchev–Trinajstić information content (AvgIpc) is 1.81. The first-order valence-electron chi connectivity index (χ1n) is 3.79. The smallest absolute Gasteiger partial charge is 0.0598 e. The summed E-state index contributed by atoms with van der Waals surface area (Å²) in [6, 6.07) is 0. The average molecular weight is 145 g/mol. The summed E-state index contributed by atoms with van der Waals surface area (Å²) in [6.45, 7) is 9.71. The van der Waals surface area contributed by atoms with Gasteiger partial charge >= 0.3 is 0 Å². The number of rotatable bonds is 3. The van der Waals surface area contributed by atoms with Crippen LogP contribution in [0.1, 0.15) is 27.7 Å². The maximum atomic E-state index is 5.50. The predicted octanol–water partition coefficient (Wildman–Crippen LogP) is 1.40. The van der Waals surface area contributed by atoms with Gasteiger partial charge in [0.2, 0.25) is 0 Å². The zero-order chi connectivity index (χ0) is 8.20. The third kappa shape index (κ3) is 6.05. The zero-order valence-corrected chi connectivity index (χ0v) is 7.48. The Morgan fingerprint density at radius 3 is 2.20 bits per heavy atom. The lowest BCUT2D eigenvalue weighted by Crippen LogP contribution is -2.25. The van der Waals surface area contributed by atoms with Gasteiger partial charge < -0.3 is 10.5 Å². The first kappa shape index (κ1) is 9.92. The first-order valence-corrected chi connectivity index (χ1v) is 3.79. The molecule has 0 aliphatic carbocycles. The van der Waals surface area contributed by atoms with Gasteiger partial charge in [0, 0.05) is 0 Å². The molecule has 2 N–H and O–H groups in total. The summed E-state index contributed by atoms with van der Waals surface area (Å²) in [5.74, 6) is 0.472. The molecule has 0 spiro atoms. The van der Waals surface area contributed by atoms with Crippen molar-refractivity contribution in [2.75, 3.05) is 13.2 Å². The molecule has 0 aromatic rings. The van der Waals surface area contributed by atoms with Gasteiger partial charge in [0.05, 0.1) is 12.2 Å². The summed E-state index contributed by atoms with van der Waals surface area (Å²) < 4.78 is 5.50. The molecule has 0 aromatic heterocycles. The SMILES string of the molecule is C[C@@H](CN)COC(C)(C)C. The van der Waals surface area contributed by atoms with Crippen molar-refractivity contribution in [1.29, 1.82) is 0 Å². The van der Waals surface area contributed by atoms with E-state index in [0.717, 1.165) is 6.61 Å². The van der Waals surface area contributed by atoms with Crippen LogP contribution in [-0.2, 0) is 4.74 Å². The Bertz CT molecular complexity index is 85.7. The van der Waals surface area contributed by atoms with Gasteiger partial charge in [-0.15, -0.1) is 0 Å². The van der Waals surface area contributed by atoms with E-state index in [1.54, 1.807) is 0 Å². The minimum Gasteiger partial charge on any atom is -0.376 e. The molecule has 0 rings (SSSR count). The van der Waals surface area contributed by atoms with E-state index in [0.29, 0.717) is 12.5 Å². The molecule has 0 aromatic carbocycles. The van der Waals surface area contributed by atoms with E-state index in [1.165, 1.54) is 0 Å². The van der Waals surface area contributed by atoms with E-state index in [1.807, 2.05) is 0 Å². The Kier molecular flexibility index (Phi) is 3.91. The molecule has 0 fully saturated rings. The molecule has 0 bridgehead atoms. The molecule has 0 radical (unpaired) electrons. The Hall–Kier alpha value is -0.0800. The number of hydrogen-bond acceptors (Lipinski definition) is 2. The van der Waals surface area contributed by atoms with E-state index < -0.39 is 0 Å². The Morgan fingerprint density at radius 1 is 1.40 bits per heavy atom. The fourth-order valence-corrected chi connectivity index (χ4v) is 0.460. The highest BCUT2D eigenvalue weighted by atomic mass is 16.5. The highest BCUT2D eigenvalue weighted by molar-refractivity contribution is 4.60. The Labute approximate surface area is 63.7 Å². The van der Waals surface area contributed by atoms with Crippen molar-refractivity contribution in [3.8, 4) is 0 Å². The van der Waals surface area contributed by atoms with Crippen LogP contribution >= 0.6 is 0 Å². The molecule has 10 heavy (non-hydrogen) atoms. The lowest BCUT2D eigenvalue weighted by molar-refractivity contribution is -0.0180. The lowest BCUT2D eigenvalue weighted by atomic mass is 10.1. The van der Waals surface area contributed by atoms with Crippen molar-refractivity contribution in [2.45, 2.75) is 33.3 Å². The van der Waals surface area contributed by atoms with Crippen LogP contribution in [-0.4, -0.2) is 18.8 Å². The third-order valence-electron chi connectivity index (χ3n) is 1.20. The molecular weight excluding hydrogens is 126 g/mol. The number of hydrogen-bond donors (Lipinski definition) is 1. The molecule has 0 saturated heterocycles. The Morgan fingerprint density at radius 2 is 1.90 bits per heavy atom. The highest BCUT2D eigenvalue weighted by Gasteiger charge is 2.11. The normalized spacial score (nSPS) is 15.3. The largest absolute Gasteiger partial charge is 0.376 e. The van der Waals surface area contributed by atoms with Gasteiger partial charge in [-0.3, -0.25) is 0 Å². The van der Waals surface area contributed by atoms with Crippen LogP contribution < -0.4 is 5.73 Å². The summed E-state index contributed by atoms with van der Waals surface area (Å²) in [4.78, 5) is 0. The molecular formula is C8H19NO. The number of ether oxygens (including phenoxy) is 1. The molecule has 0 aliphatic heterocycles. The van der Waals surface area contributed by atoms with E-state index in [-0.39, 0.29) is 5.60 Å². The van der Waals surface area contributed by atoms with Crippen molar-refractivity contribution >= 4 is 0 Å². The minimum atomic E-state index is -0.0244. The molecule has 0 heterocycles. The first-order chi connectivity index (χ1) is 4.45. The maximum Gasteiger partial charge on any atom is 0.0598 e. The summed E-state index contributed by atoms with van der Waals surface area (Å²) in [5, 5.41) is 0. The van der Waals surface area contributed by atoms with Gasteiger partial charge in [-0.1, -0.05) is 6.92 Å². The van der Waals surface area contributed by atoms with Crippen molar-refractivity contribution in [3.63, 3.8) is 0 Å².